The van der Waals surface area contributed by atoms with E-state index in [1.165, 1.54) is 0 Å². The van der Waals surface area contributed by atoms with E-state index in [2.05, 4.69) is 4.98 Å². The second-order valence-electron chi connectivity index (χ2n) is 4.59. The number of sulfone groups is 1. The molecule has 1 aromatic rings. The van der Waals surface area contributed by atoms with E-state index in [1.807, 2.05) is 18.2 Å². The van der Waals surface area contributed by atoms with Crippen LogP contribution in [0.1, 0.15) is 25.0 Å². The van der Waals surface area contributed by atoms with Crippen LogP contribution in [0.4, 0.5) is 0 Å². The van der Waals surface area contributed by atoms with Crippen LogP contribution in [0.3, 0.4) is 0 Å². The number of nitrogens with two attached hydrogens (primary N) is 1. The molecule has 1 aliphatic heterocycles. The Morgan fingerprint density at radius 1 is 1.41 bits per heavy atom. The molecule has 2 heterocycles. The lowest BCUT2D eigenvalue weighted by molar-refractivity contribution is 0.493. The molecule has 0 aromatic carbocycles. The normalized spacial score (nSPS) is 25.4. The molecule has 0 amide bonds. The molecule has 2 rings (SSSR count). The van der Waals surface area contributed by atoms with Crippen molar-refractivity contribution in [1.82, 2.24) is 4.98 Å². The van der Waals surface area contributed by atoms with Gasteiger partial charge in [0.05, 0.1) is 11.0 Å². The highest BCUT2D eigenvalue weighted by atomic mass is 32.2. The molecule has 0 bridgehead atoms. The van der Waals surface area contributed by atoms with Crippen LogP contribution in [-0.2, 0) is 16.3 Å². The number of hydrogen-bond donors (Lipinski definition) is 1. The Morgan fingerprint density at radius 3 is 2.88 bits per heavy atom. The highest BCUT2D eigenvalue weighted by molar-refractivity contribution is 7.92. The van der Waals surface area contributed by atoms with Gasteiger partial charge in [0.25, 0.3) is 0 Å². The summed E-state index contributed by atoms with van der Waals surface area (Å²) < 4.78 is 23.8. The zero-order valence-corrected chi connectivity index (χ0v) is 10.6. The molecule has 0 radical (unpaired) electrons. The molecule has 2 N–H and O–H groups in total. The van der Waals surface area contributed by atoms with E-state index in [0.717, 1.165) is 18.5 Å². The molecule has 17 heavy (non-hydrogen) atoms. The van der Waals surface area contributed by atoms with Crippen molar-refractivity contribution in [2.45, 2.75) is 37.0 Å². The molecule has 0 spiro atoms. The van der Waals surface area contributed by atoms with E-state index in [1.54, 1.807) is 6.20 Å². The topological polar surface area (TPSA) is 73.0 Å². The van der Waals surface area contributed by atoms with Gasteiger partial charge in [0.2, 0.25) is 0 Å². The molecule has 2 atom stereocenters. The van der Waals surface area contributed by atoms with Gasteiger partial charge in [-0.15, -0.1) is 0 Å². The minimum absolute atomic E-state index is 0.285. The van der Waals surface area contributed by atoms with Gasteiger partial charge in [0.1, 0.15) is 0 Å². The van der Waals surface area contributed by atoms with Crippen LogP contribution in [0.15, 0.2) is 24.4 Å². The monoisotopic (exact) mass is 254 g/mol. The smallest absolute Gasteiger partial charge is 0.154 e. The number of rotatable bonds is 3. The molecule has 94 valence electrons. The lowest BCUT2D eigenvalue weighted by Crippen LogP contribution is -2.45. The molecular weight excluding hydrogens is 236 g/mol. The Labute approximate surface area is 102 Å². The van der Waals surface area contributed by atoms with Crippen LogP contribution in [0.5, 0.6) is 0 Å². The molecule has 4 nitrogen and oxygen atoms in total. The van der Waals surface area contributed by atoms with Crippen molar-refractivity contribution in [2.75, 3.05) is 5.75 Å². The first-order valence-electron chi connectivity index (χ1n) is 5.96. The average molecular weight is 254 g/mol. The number of nitrogens with zero attached hydrogens (tertiary/aromatic N) is 1. The zero-order valence-electron chi connectivity index (χ0n) is 9.75. The lowest BCUT2D eigenvalue weighted by Gasteiger charge is -2.27. The molecule has 1 saturated heterocycles. The second kappa shape index (κ2) is 5.14. The molecule has 2 unspecified atom stereocenters. The minimum atomic E-state index is -3.00. The molecule has 1 fully saturated rings. The maximum atomic E-state index is 11.9. The van der Waals surface area contributed by atoms with E-state index in [4.69, 9.17) is 5.73 Å². The Kier molecular flexibility index (Phi) is 3.79. The standard InChI is InChI=1S/C12H18N2O2S/c13-11(9-10-5-1-3-7-14-10)12-6-2-4-8-17(12,15)16/h1,3,5,7,11-12H,2,4,6,8-9,13H2. The largest absolute Gasteiger partial charge is 0.326 e. The van der Waals surface area contributed by atoms with Crippen molar-refractivity contribution in [1.29, 1.82) is 0 Å². The fourth-order valence-corrected chi connectivity index (χ4v) is 4.42. The Balaban J connectivity index is 2.07. The van der Waals surface area contributed by atoms with Crippen molar-refractivity contribution in [3.63, 3.8) is 0 Å². The third kappa shape index (κ3) is 3.04. The van der Waals surface area contributed by atoms with Crippen LogP contribution in [-0.4, -0.2) is 30.4 Å². The van der Waals surface area contributed by atoms with Gasteiger partial charge in [-0.1, -0.05) is 12.5 Å². The van der Waals surface area contributed by atoms with E-state index in [0.29, 0.717) is 12.8 Å². The van der Waals surface area contributed by atoms with Crippen molar-refractivity contribution in [3.05, 3.63) is 30.1 Å². The molecule has 5 heteroatoms. The third-order valence-corrected chi connectivity index (χ3v) is 5.64. The first-order chi connectivity index (χ1) is 8.09. The van der Waals surface area contributed by atoms with Crippen LogP contribution < -0.4 is 5.73 Å². The van der Waals surface area contributed by atoms with Crippen molar-refractivity contribution < 1.29 is 8.42 Å². The molecule has 1 aromatic heterocycles. The van der Waals surface area contributed by atoms with Gasteiger partial charge in [-0.2, -0.15) is 0 Å². The summed E-state index contributed by atoms with van der Waals surface area (Å²) >= 11 is 0. The SMILES string of the molecule is NC(Cc1ccccn1)C1CCCCS1(=O)=O. The first kappa shape index (κ1) is 12.5. The lowest BCUT2D eigenvalue weighted by atomic mass is 10.0. The van der Waals surface area contributed by atoms with Crippen LogP contribution in [0.2, 0.25) is 0 Å². The zero-order chi connectivity index (χ0) is 12.3. The van der Waals surface area contributed by atoms with Crippen molar-refractivity contribution in [2.24, 2.45) is 5.73 Å². The van der Waals surface area contributed by atoms with Crippen LogP contribution in [0, 0.1) is 0 Å². The predicted molar refractivity (Wildman–Crippen MR) is 67.3 cm³/mol. The van der Waals surface area contributed by atoms with E-state index < -0.39 is 15.1 Å². The van der Waals surface area contributed by atoms with Gasteiger partial charge >= 0.3 is 0 Å². The number of aromatic nitrogens is 1. The Hall–Kier alpha value is -0.940. The maximum Gasteiger partial charge on any atom is 0.154 e. The van der Waals surface area contributed by atoms with Gasteiger partial charge in [-0.25, -0.2) is 8.42 Å². The van der Waals surface area contributed by atoms with E-state index in [-0.39, 0.29) is 11.8 Å². The minimum Gasteiger partial charge on any atom is -0.326 e. The Morgan fingerprint density at radius 2 is 2.24 bits per heavy atom. The third-order valence-electron chi connectivity index (χ3n) is 3.28. The van der Waals surface area contributed by atoms with E-state index >= 15 is 0 Å². The molecule has 0 saturated carbocycles. The number of hydrogen-bond acceptors (Lipinski definition) is 4. The highest BCUT2D eigenvalue weighted by Crippen LogP contribution is 2.22. The summed E-state index contributed by atoms with van der Waals surface area (Å²) in [5, 5.41) is -0.391. The molecule has 0 aliphatic carbocycles. The first-order valence-corrected chi connectivity index (χ1v) is 7.68. The van der Waals surface area contributed by atoms with Crippen LogP contribution >= 0.6 is 0 Å². The van der Waals surface area contributed by atoms with Crippen molar-refractivity contribution >= 4 is 9.84 Å². The summed E-state index contributed by atoms with van der Waals surface area (Å²) in [6.07, 6.45) is 4.66. The second-order valence-corrected chi connectivity index (χ2v) is 6.93. The van der Waals surface area contributed by atoms with Crippen molar-refractivity contribution in [3.8, 4) is 0 Å². The molecule has 1 aliphatic rings. The maximum absolute atomic E-state index is 11.9. The van der Waals surface area contributed by atoms with E-state index in [9.17, 15) is 8.42 Å². The summed E-state index contributed by atoms with van der Waals surface area (Å²) in [6.45, 7) is 0. The van der Waals surface area contributed by atoms with Gasteiger partial charge in [0, 0.05) is 24.4 Å². The number of pyridine rings is 1. The Bertz CT molecular complexity index is 459. The fraction of sp³-hybridized carbons (Fsp3) is 0.583. The van der Waals surface area contributed by atoms with Gasteiger partial charge in [-0.3, -0.25) is 4.98 Å². The van der Waals surface area contributed by atoms with Gasteiger partial charge in [-0.05, 0) is 25.0 Å². The van der Waals surface area contributed by atoms with Crippen LogP contribution in [0.25, 0.3) is 0 Å². The van der Waals surface area contributed by atoms with Gasteiger partial charge in [0.15, 0.2) is 9.84 Å². The highest BCUT2D eigenvalue weighted by Gasteiger charge is 2.33. The summed E-state index contributed by atoms with van der Waals surface area (Å²) in [6, 6.07) is 5.28. The quantitative estimate of drug-likeness (QED) is 0.870. The summed E-state index contributed by atoms with van der Waals surface area (Å²) in [7, 11) is -3.00. The van der Waals surface area contributed by atoms with Gasteiger partial charge < -0.3 is 5.73 Å². The summed E-state index contributed by atoms with van der Waals surface area (Å²) in [5.74, 6) is 0.285. The summed E-state index contributed by atoms with van der Waals surface area (Å²) in [5.41, 5.74) is 6.90. The molecular formula is C12H18N2O2S. The average Bonchev–Trinajstić information content (AvgIpc) is 2.29. The summed E-state index contributed by atoms with van der Waals surface area (Å²) in [4.78, 5) is 4.19. The fourth-order valence-electron chi connectivity index (χ4n) is 2.35. The predicted octanol–water partition coefficient (Wildman–Crippen LogP) is 0.919.